The molecule has 0 aromatic carbocycles. The molecule has 1 heterocycles. The summed E-state index contributed by atoms with van der Waals surface area (Å²) >= 11 is 0. The minimum absolute atomic E-state index is 0.00777. The van der Waals surface area contributed by atoms with E-state index < -0.39 is 30.5 Å². The van der Waals surface area contributed by atoms with Crippen molar-refractivity contribution in [1.29, 1.82) is 0 Å². The third-order valence-electron chi connectivity index (χ3n) is 8.01. The van der Waals surface area contributed by atoms with Crippen molar-refractivity contribution in [2.75, 3.05) is 13.2 Å². The van der Waals surface area contributed by atoms with Crippen LogP contribution in [0.5, 0.6) is 0 Å². The number of carbonyl (C=O) groups is 2. The Morgan fingerprint density at radius 1 is 1.15 bits per heavy atom. The molecule has 0 bridgehead atoms. The van der Waals surface area contributed by atoms with E-state index in [2.05, 4.69) is 19.6 Å². The SMILES string of the molecule is C=C1CCC2[C@](C)(CC[C@@H](OC(C)=O)[C@@]2(C)COP(=O)(OC(C)(C)C)OC(C)(C)C)C1/C=C/C1=CCOC1=O. The fourth-order valence-corrected chi connectivity index (χ4v) is 8.44. The number of hydrogen-bond acceptors (Lipinski definition) is 8. The summed E-state index contributed by atoms with van der Waals surface area (Å²) in [7, 11) is -3.99. The van der Waals surface area contributed by atoms with E-state index in [1.54, 1.807) is 47.6 Å². The van der Waals surface area contributed by atoms with Crippen LogP contribution in [-0.2, 0) is 37.2 Å². The van der Waals surface area contributed by atoms with E-state index in [0.717, 1.165) is 24.8 Å². The zero-order valence-corrected chi connectivity index (χ0v) is 26.0. The molecule has 39 heavy (non-hydrogen) atoms. The number of allylic oxidation sites excluding steroid dienone is 2. The minimum atomic E-state index is -3.99. The standard InChI is InChI=1S/C30H47O8P/c1-20-11-14-24-29(9,23(20)13-12-22-16-18-34-26(22)32)17-15-25(36-21(2)31)30(24,10)19-35-39(33,37-27(3,4)5)38-28(6,7)8/h12-13,16,23-25H,1,11,14-15,17-19H2,2-10H3/b13-12+/t23?,24?,25-,29-,30+/m1/s1. The number of cyclic esters (lactones) is 1. The molecule has 2 saturated carbocycles. The van der Waals surface area contributed by atoms with Gasteiger partial charge in [-0.3, -0.25) is 18.4 Å². The molecule has 0 N–H and O–H groups in total. The first-order valence-corrected chi connectivity index (χ1v) is 15.3. The lowest BCUT2D eigenvalue weighted by Gasteiger charge is -2.60. The molecule has 0 radical (unpaired) electrons. The summed E-state index contributed by atoms with van der Waals surface area (Å²) in [6.07, 6.45) is 8.24. The summed E-state index contributed by atoms with van der Waals surface area (Å²) in [5.41, 5.74) is -0.839. The van der Waals surface area contributed by atoms with Crippen molar-refractivity contribution >= 4 is 19.8 Å². The Hall–Kier alpha value is -1.73. The largest absolute Gasteiger partial charge is 0.475 e. The van der Waals surface area contributed by atoms with Crippen molar-refractivity contribution in [3.8, 4) is 0 Å². The van der Waals surface area contributed by atoms with Crippen molar-refractivity contribution in [2.45, 2.75) is 105 Å². The molecule has 2 aliphatic carbocycles. The molecule has 1 aliphatic heterocycles. The Labute approximate surface area is 234 Å². The third kappa shape index (κ3) is 7.52. The summed E-state index contributed by atoms with van der Waals surface area (Å²) in [6, 6.07) is 0. The molecule has 0 amide bonds. The van der Waals surface area contributed by atoms with Crippen molar-refractivity contribution in [1.82, 2.24) is 0 Å². The molecule has 220 valence electrons. The molecule has 0 spiro atoms. The molecule has 2 unspecified atom stereocenters. The van der Waals surface area contributed by atoms with Crippen LogP contribution in [0.3, 0.4) is 0 Å². The Bertz CT molecular complexity index is 1060. The van der Waals surface area contributed by atoms with Crippen LogP contribution in [0.2, 0.25) is 0 Å². The van der Waals surface area contributed by atoms with Crippen LogP contribution < -0.4 is 0 Å². The summed E-state index contributed by atoms with van der Waals surface area (Å²) in [6.45, 7) is 21.2. The zero-order chi connectivity index (χ0) is 29.4. The van der Waals surface area contributed by atoms with Gasteiger partial charge in [-0.05, 0) is 84.6 Å². The van der Waals surface area contributed by atoms with Crippen molar-refractivity contribution in [2.24, 2.45) is 22.7 Å². The molecule has 3 aliphatic rings. The lowest BCUT2D eigenvalue weighted by molar-refractivity contribution is -0.182. The first-order valence-electron chi connectivity index (χ1n) is 13.8. The van der Waals surface area contributed by atoms with E-state index in [-0.39, 0.29) is 42.4 Å². The van der Waals surface area contributed by atoms with Gasteiger partial charge in [-0.25, -0.2) is 9.36 Å². The lowest BCUT2D eigenvalue weighted by atomic mass is 9.46. The van der Waals surface area contributed by atoms with Gasteiger partial charge in [0.25, 0.3) is 0 Å². The average Bonchev–Trinajstić information content (AvgIpc) is 3.16. The van der Waals surface area contributed by atoms with E-state index in [0.29, 0.717) is 12.0 Å². The highest BCUT2D eigenvalue weighted by molar-refractivity contribution is 7.48. The zero-order valence-electron chi connectivity index (χ0n) is 25.1. The summed E-state index contributed by atoms with van der Waals surface area (Å²) in [5, 5.41) is 0. The van der Waals surface area contributed by atoms with Crippen LogP contribution in [0.15, 0.2) is 36.0 Å². The maximum Gasteiger partial charge on any atom is 0.475 e. The van der Waals surface area contributed by atoms with Gasteiger partial charge in [-0.15, -0.1) is 0 Å². The van der Waals surface area contributed by atoms with Crippen LogP contribution in [0.25, 0.3) is 0 Å². The van der Waals surface area contributed by atoms with Gasteiger partial charge in [0, 0.05) is 18.3 Å². The number of hydrogen-bond donors (Lipinski definition) is 0. The number of carbonyl (C=O) groups excluding carboxylic acids is 2. The molecular weight excluding hydrogens is 519 g/mol. The minimum Gasteiger partial charge on any atom is -0.462 e. The van der Waals surface area contributed by atoms with E-state index in [4.69, 9.17) is 23.0 Å². The van der Waals surface area contributed by atoms with Gasteiger partial charge in [0.1, 0.15) is 12.7 Å². The number of rotatable bonds is 8. The van der Waals surface area contributed by atoms with Crippen LogP contribution >= 0.6 is 7.82 Å². The molecule has 0 aromatic heterocycles. The third-order valence-corrected chi connectivity index (χ3v) is 10.0. The lowest BCUT2D eigenvalue weighted by Crippen LogP contribution is -2.58. The predicted molar refractivity (Wildman–Crippen MR) is 150 cm³/mol. The fraction of sp³-hybridized carbons (Fsp3) is 0.733. The van der Waals surface area contributed by atoms with Gasteiger partial charge in [0.05, 0.1) is 23.4 Å². The highest BCUT2D eigenvalue weighted by atomic mass is 31.2. The smallest absolute Gasteiger partial charge is 0.462 e. The Morgan fingerprint density at radius 2 is 1.77 bits per heavy atom. The number of phosphoric ester groups is 1. The van der Waals surface area contributed by atoms with Crippen molar-refractivity contribution in [3.05, 3.63) is 36.0 Å². The van der Waals surface area contributed by atoms with Crippen LogP contribution in [0.1, 0.15) is 88.0 Å². The van der Waals surface area contributed by atoms with Crippen molar-refractivity contribution < 1.29 is 37.2 Å². The highest BCUT2D eigenvalue weighted by Gasteiger charge is 2.59. The monoisotopic (exact) mass is 566 g/mol. The first-order chi connectivity index (χ1) is 17.8. The van der Waals surface area contributed by atoms with Gasteiger partial charge in [0.2, 0.25) is 0 Å². The average molecular weight is 567 g/mol. The van der Waals surface area contributed by atoms with Gasteiger partial charge in [-0.1, -0.05) is 38.2 Å². The Balaban J connectivity index is 1.98. The normalized spacial score (nSPS) is 32.1. The molecular formula is C30H47O8P. The van der Waals surface area contributed by atoms with Gasteiger partial charge in [0.15, 0.2) is 0 Å². The number of esters is 2. The molecule has 0 aromatic rings. The van der Waals surface area contributed by atoms with E-state index in [1.807, 2.05) is 13.0 Å². The second-order valence-electron chi connectivity index (χ2n) is 13.6. The second-order valence-corrected chi connectivity index (χ2v) is 15.1. The highest BCUT2D eigenvalue weighted by Crippen LogP contribution is 2.64. The molecule has 5 atom stereocenters. The second kappa shape index (κ2) is 11.3. The Kier molecular flexibility index (Phi) is 9.19. The van der Waals surface area contributed by atoms with Crippen LogP contribution in [0, 0.1) is 22.7 Å². The summed E-state index contributed by atoms with van der Waals surface area (Å²) < 4.78 is 42.8. The predicted octanol–water partition coefficient (Wildman–Crippen LogP) is 7.10. The molecule has 9 heteroatoms. The fourth-order valence-electron chi connectivity index (χ4n) is 6.52. The number of ether oxygens (including phenoxy) is 2. The van der Waals surface area contributed by atoms with Gasteiger partial charge >= 0.3 is 19.8 Å². The first kappa shape index (κ1) is 31.8. The molecule has 2 fully saturated rings. The van der Waals surface area contributed by atoms with E-state index >= 15 is 0 Å². The topological polar surface area (TPSA) is 97.4 Å². The summed E-state index contributed by atoms with van der Waals surface area (Å²) in [4.78, 5) is 24.2. The molecule has 0 saturated heterocycles. The van der Waals surface area contributed by atoms with Crippen LogP contribution in [-0.4, -0.2) is 42.5 Å². The number of fused-ring (bicyclic) bond motifs is 1. The quantitative estimate of drug-likeness (QED) is 0.174. The maximum atomic E-state index is 13.9. The maximum absolute atomic E-state index is 13.9. The van der Waals surface area contributed by atoms with Crippen LogP contribution in [0.4, 0.5) is 0 Å². The number of phosphoric acid groups is 1. The summed E-state index contributed by atoms with van der Waals surface area (Å²) in [5.74, 6) is -0.657. The van der Waals surface area contributed by atoms with Gasteiger partial charge < -0.3 is 9.47 Å². The molecule has 3 rings (SSSR count). The van der Waals surface area contributed by atoms with Gasteiger partial charge in [-0.2, -0.15) is 0 Å². The van der Waals surface area contributed by atoms with E-state index in [1.165, 1.54) is 6.92 Å². The Morgan fingerprint density at radius 3 is 2.28 bits per heavy atom. The van der Waals surface area contributed by atoms with Crippen molar-refractivity contribution in [3.63, 3.8) is 0 Å². The van der Waals surface area contributed by atoms with E-state index in [9.17, 15) is 14.2 Å². The molecule has 8 nitrogen and oxygen atoms in total.